The lowest BCUT2D eigenvalue weighted by atomic mass is 10.1. The van der Waals surface area contributed by atoms with E-state index in [4.69, 9.17) is 0 Å². The molecule has 0 aliphatic heterocycles. The van der Waals surface area contributed by atoms with Gasteiger partial charge >= 0.3 is 0 Å². The summed E-state index contributed by atoms with van der Waals surface area (Å²) >= 11 is 0. The minimum Gasteiger partial charge on any atom is -0.508 e. The molecule has 0 radical (unpaired) electrons. The maximum atomic E-state index is 9.39. The van der Waals surface area contributed by atoms with Crippen LogP contribution in [0.1, 0.15) is 12.0 Å². The molecule has 0 aliphatic carbocycles. The second kappa shape index (κ2) is 4.78. The van der Waals surface area contributed by atoms with Crippen LogP contribution in [0.3, 0.4) is 0 Å². The molecular weight excluding hydrogens is 150 g/mol. The van der Waals surface area contributed by atoms with E-state index in [1.165, 1.54) is 0 Å². The van der Waals surface area contributed by atoms with E-state index in [2.05, 4.69) is 5.32 Å². The summed E-state index contributed by atoms with van der Waals surface area (Å²) in [6.07, 6.45) is 2.00. The average Bonchev–Trinajstić information content (AvgIpc) is 2.09. The van der Waals surface area contributed by atoms with Crippen molar-refractivity contribution >= 4 is 0 Å². The Morgan fingerprint density at radius 3 is 2.75 bits per heavy atom. The normalized spacial score (nSPS) is 10.1. The van der Waals surface area contributed by atoms with Gasteiger partial charge in [0, 0.05) is 0 Å². The summed E-state index contributed by atoms with van der Waals surface area (Å²) < 4.78 is 0. The topological polar surface area (TPSA) is 32.3 Å². The predicted molar refractivity (Wildman–Crippen MR) is 50.4 cm³/mol. The van der Waals surface area contributed by atoms with Gasteiger partial charge in [-0.3, -0.25) is 0 Å². The lowest BCUT2D eigenvalue weighted by Gasteiger charge is -2.02. The number of phenolic OH excluding ortho intramolecular Hbond substituents is 1. The molecule has 0 bridgehead atoms. The first-order chi connectivity index (χ1) is 5.84. The van der Waals surface area contributed by atoms with Gasteiger partial charge in [0.1, 0.15) is 5.75 Å². The van der Waals surface area contributed by atoms with Crippen molar-refractivity contribution in [2.24, 2.45) is 0 Å². The summed E-state index contributed by atoms with van der Waals surface area (Å²) in [6.45, 7) is 0.994. The second-order valence-corrected chi connectivity index (χ2v) is 2.84. The number of phenols is 1. The van der Waals surface area contributed by atoms with E-state index in [0.717, 1.165) is 24.9 Å². The number of aromatic hydroxyl groups is 1. The smallest absolute Gasteiger partial charge is 0.118 e. The molecule has 0 unspecified atom stereocenters. The van der Waals surface area contributed by atoms with Gasteiger partial charge in [0.05, 0.1) is 0 Å². The van der Waals surface area contributed by atoms with E-state index in [9.17, 15) is 5.11 Å². The van der Waals surface area contributed by atoms with Crippen molar-refractivity contribution in [3.05, 3.63) is 29.8 Å². The van der Waals surface area contributed by atoms with Gasteiger partial charge in [0.2, 0.25) is 0 Å². The standard InChI is InChI=1S/C10H15NO/c1-11-8-4-6-9-5-2-3-7-10(9)12/h2-3,5,7,11-12H,4,6,8H2,1H3. The lowest BCUT2D eigenvalue weighted by molar-refractivity contribution is 0.467. The number of rotatable bonds is 4. The maximum absolute atomic E-state index is 9.39. The van der Waals surface area contributed by atoms with E-state index in [1.807, 2.05) is 25.2 Å². The molecule has 0 atom stereocenters. The number of aryl methyl sites for hydroxylation is 1. The predicted octanol–water partition coefficient (Wildman–Crippen LogP) is 1.54. The number of hydrogen-bond acceptors (Lipinski definition) is 2. The third-order valence-corrected chi connectivity index (χ3v) is 1.86. The van der Waals surface area contributed by atoms with Crippen LogP contribution >= 0.6 is 0 Å². The molecule has 0 spiro atoms. The zero-order valence-electron chi connectivity index (χ0n) is 7.38. The Hall–Kier alpha value is -1.02. The Morgan fingerprint density at radius 1 is 1.33 bits per heavy atom. The van der Waals surface area contributed by atoms with Crippen LogP contribution in [-0.2, 0) is 6.42 Å². The highest BCUT2D eigenvalue weighted by Crippen LogP contribution is 2.16. The van der Waals surface area contributed by atoms with Crippen LogP contribution in [-0.4, -0.2) is 18.7 Å². The fraction of sp³-hybridized carbons (Fsp3) is 0.400. The quantitative estimate of drug-likeness (QED) is 0.663. The van der Waals surface area contributed by atoms with Crippen LogP contribution in [0.2, 0.25) is 0 Å². The van der Waals surface area contributed by atoms with Crippen molar-refractivity contribution in [1.29, 1.82) is 0 Å². The minimum absolute atomic E-state index is 0.411. The van der Waals surface area contributed by atoms with Crippen LogP contribution in [0, 0.1) is 0 Å². The first-order valence-corrected chi connectivity index (χ1v) is 4.26. The first kappa shape index (κ1) is 9.07. The minimum atomic E-state index is 0.411. The number of benzene rings is 1. The fourth-order valence-electron chi connectivity index (χ4n) is 1.18. The molecule has 1 rings (SSSR count). The largest absolute Gasteiger partial charge is 0.508 e. The molecular formula is C10H15NO. The van der Waals surface area contributed by atoms with E-state index in [0.29, 0.717) is 5.75 Å². The highest BCUT2D eigenvalue weighted by molar-refractivity contribution is 5.31. The summed E-state index contributed by atoms with van der Waals surface area (Å²) in [7, 11) is 1.94. The molecule has 0 aromatic heterocycles. The monoisotopic (exact) mass is 165 g/mol. The van der Waals surface area contributed by atoms with Gasteiger partial charge in [0.15, 0.2) is 0 Å². The third kappa shape index (κ3) is 2.55. The zero-order chi connectivity index (χ0) is 8.81. The molecule has 0 saturated heterocycles. The van der Waals surface area contributed by atoms with Crippen LogP contribution in [0.4, 0.5) is 0 Å². The van der Waals surface area contributed by atoms with Gasteiger partial charge in [-0.25, -0.2) is 0 Å². The van der Waals surface area contributed by atoms with Crippen molar-refractivity contribution in [3.8, 4) is 5.75 Å². The number of para-hydroxylation sites is 1. The van der Waals surface area contributed by atoms with Crippen LogP contribution < -0.4 is 5.32 Å². The molecule has 0 amide bonds. The molecule has 1 aromatic carbocycles. The molecule has 0 saturated carbocycles. The number of hydrogen-bond donors (Lipinski definition) is 2. The molecule has 2 heteroatoms. The summed E-state index contributed by atoms with van der Waals surface area (Å²) in [5, 5.41) is 12.5. The molecule has 12 heavy (non-hydrogen) atoms. The van der Waals surface area contributed by atoms with Gasteiger partial charge in [-0.15, -0.1) is 0 Å². The van der Waals surface area contributed by atoms with Crippen LogP contribution in [0.5, 0.6) is 5.75 Å². The summed E-state index contributed by atoms with van der Waals surface area (Å²) in [4.78, 5) is 0. The maximum Gasteiger partial charge on any atom is 0.118 e. The fourth-order valence-corrected chi connectivity index (χ4v) is 1.18. The Morgan fingerprint density at radius 2 is 2.08 bits per heavy atom. The SMILES string of the molecule is CNCCCc1ccccc1O. The highest BCUT2D eigenvalue weighted by Gasteiger charge is 1.97. The molecule has 2 nitrogen and oxygen atoms in total. The van der Waals surface area contributed by atoms with Gasteiger partial charge in [-0.05, 0) is 38.1 Å². The molecule has 1 aromatic rings. The summed E-state index contributed by atoms with van der Waals surface area (Å²) in [5.74, 6) is 0.411. The first-order valence-electron chi connectivity index (χ1n) is 4.26. The van der Waals surface area contributed by atoms with Crippen molar-refractivity contribution in [1.82, 2.24) is 5.32 Å². The van der Waals surface area contributed by atoms with Gasteiger partial charge in [0.25, 0.3) is 0 Å². The Balaban J connectivity index is 2.46. The van der Waals surface area contributed by atoms with Crippen molar-refractivity contribution < 1.29 is 5.11 Å². The van der Waals surface area contributed by atoms with Gasteiger partial charge < -0.3 is 10.4 Å². The Kier molecular flexibility index (Phi) is 3.61. The van der Waals surface area contributed by atoms with Crippen molar-refractivity contribution in [2.75, 3.05) is 13.6 Å². The van der Waals surface area contributed by atoms with E-state index < -0.39 is 0 Å². The lowest BCUT2D eigenvalue weighted by Crippen LogP contribution is -2.08. The van der Waals surface area contributed by atoms with Crippen molar-refractivity contribution in [3.63, 3.8) is 0 Å². The summed E-state index contributed by atoms with van der Waals surface area (Å²) in [6, 6.07) is 7.49. The Bertz CT molecular complexity index is 235. The molecule has 0 heterocycles. The molecule has 2 N–H and O–H groups in total. The number of nitrogens with one attached hydrogen (secondary N) is 1. The second-order valence-electron chi connectivity index (χ2n) is 2.84. The average molecular weight is 165 g/mol. The molecule has 0 fully saturated rings. The molecule has 66 valence electrons. The van der Waals surface area contributed by atoms with Gasteiger partial charge in [-0.2, -0.15) is 0 Å². The van der Waals surface area contributed by atoms with Gasteiger partial charge in [-0.1, -0.05) is 18.2 Å². The van der Waals surface area contributed by atoms with Crippen LogP contribution in [0.15, 0.2) is 24.3 Å². The van der Waals surface area contributed by atoms with E-state index >= 15 is 0 Å². The Labute approximate surface area is 73.2 Å². The third-order valence-electron chi connectivity index (χ3n) is 1.86. The summed E-state index contributed by atoms with van der Waals surface area (Å²) in [5.41, 5.74) is 1.03. The zero-order valence-corrected chi connectivity index (χ0v) is 7.38. The highest BCUT2D eigenvalue weighted by atomic mass is 16.3. The van der Waals surface area contributed by atoms with Crippen molar-refractivity contribution in [2.45, 2.75) is 12.8 Å². The van der Waals surface area contributed by atoms with Crippen LogP contribution in [0.25, 0.3) is 0 Å². The van der Waals surface area contributed by atoms with E-state index in [-0.39, 0.29) is 0 Å². The van der Waals surface area contributed by atoms with E-state index in [1.54, 1.807) is 6.07 Å². The molecule has 0 aliphatic rings.